The number of benzene rings is 1. The van der Waals surface area contributed by atoms with Crippen molar-refractivity contribution in [2.45, 2.75) is 33.6 Å². The molecule has 0 saturated carbocycles. The minimum Gasteiger partial charge on any atom is -0.290 e. The first kappa shape index (κ1) is 14.8. The maximum atomic E-state index is 12.3. The molecule has 0 amide bonds. The third kappa shape index (κ3) is 2.92. The number of Topliss-reactive ketones (excluding diaryl/α,β-unsaturated/α-hetero) is 1. The second-order valence-corrected chi connectivity index (χ2v) is 5.57. The van der Waals surface area contributed by atoms with E-state index in [1.165, 1.54) is 37.3 Å². The molecule has 0 bridgehead atoms. The molecule has 1 aromatic carbocycles. The molecule has 2 aliphatic rings. The molecule has 0 fully saturated rings. The van der Waals surface area contributed by atoms with Gasteiger partial charge in [0, 0.05) is 12.0 Å². The quantitative estimate of drug-likeness (QED) is 0.624. The molecule has 0 saturated heterocycles. The number of carbonyl (C=O) groups is 1. The van der Waals surface area contributed by atoms with Crippen LogP contribution >= 0.6 is 0 Å². The van der Waals surface area contributed by atoms with Crippen molar-refractivity contribution < 1.29 is 9.37 Å². The van der Waals surface area contributed by atoms with Gasteiger partial charge in [0.15, 0.2) is 0 Å². The van der Waals surface area contributed by atoms with Gasteiger partial charge in [0.25, 0.3) is 0 Å². The lowest BCUT2D eigenvalue weighted by Gasteiger charge is -2.23. The first-order valence-corrected chi connectivity index (χ1v) is 7.19. The standard InChI is InChI=1S/C16H21N2O.CH4/c1-13-5-7-14(8-6-13)15(19)12-18-11-3-10-17-9-2-4-16(17)18;/h5-8H,2-4,9-12H2,1H3;1H4/q+1;. The van der Waals surface area contributed by atoms with Crippen molar-refractivity contribution in [3.8, 4) is 0 Å². The van der Waals surface area contributed by atoms with Gasteiger partial charge in [0.1, 0.15) is 6.54 Å². The lowest BCUT2D eigenvalue weighted by atomic mass is 10.1. The third-order valence-corrected chi connectivity index (χ3v) is 4.12. The number of ketones is 1. The summed E-state index contributed by atoms with van der Waals surface area (Å²) in [7, 11) is 0. The number of carbonyl (C=O) groups excluding carboxylic acids is 1. The van der Waals surface area contributed by atoms with E-state index in [2.05, 4.69) is 9.48 Å². The van der Waals surface area contributed by atoms with E-state index in [1.54, 1.807) is 0 Å². The number of aryl methyl sites for hydroxylation is 1. The Bertz CT molecular complexity index is 516. The van der Waals surface area contributed by atoms with Crippen molar-refractivity contribution in [3.63, 3.8) is 0 Å². The van der Waals surface area contributed by atoms with E-state index in [0.717, 1.165) is 18.5 Å². The lowest BCUT2D eigenvalue weighted by molar-refractivity contribution is -0.529. The molecule has 108 valence electrons. The molecule has 1 aromatic rings. The fourth-order valence-corrected chi connectivity index (χ4v) is 3.07. The highest BCUT2D eigenvalue weighted by Gasteiger charge is 2.32. The Labute approximate surface area is 121 Å². The van der Waals surface area contributed by atoms with Gasteiger partial charge in [-0.3, -0.25) is 14.3 Å². The van der Waals surface area contributed by atoms with Gasteiger partial charge >= 0.3 is 0 Å². The van der Waals surface area contributed by atoms with Crippen LogP contribution in [-0.4, -0.2) is 47.3 Å². The minimum atomic E-state index is 0. The van der Waals surface area contributed by atoms with Crippen molar-refractivity contribution in [3.05, 3.63) is 35.4 Å². The van der Waals surface area contributed by atoms with Gasteiger partial charge in [-0.15, -0.1) is 0 Å². The molecule has 0 atom stereocenters. The Balaban J connectivity index is 0.00000147. The van der Waals surface area contributed by atoms with Crippen molar-refractivity contribution in [2.24, 2.45) is 0 Å². The highest BCUT2D eigenvalue weighted by molar-refractivity contribution is 5.99. The maximum Gasteiger partial charge on any atom is 0.247 e. The van der Waals surface area contributed by atoms with Crippen LogP contribution in [-0.2, 0) is 0 Å². The molecule has 0 aliphatic carbocycles. The average Bonchev–Trinajstić information content (AvgIpc) is 2.89. The molecule has 3 rings (SSSR count). The van der Waals surface area contributed by atoms with Gasteiger partial charge in [-0.1, -0.05) is 37.3 Å². The average molecular weight is 273 g/mol. The summed E-state index contributed by atoms with van der Waals surface area (Å²) in [6, 6.07) is 7.91. The second-order valence-electron chi connectivity index (χ2n) is 5.57. The summed E-state index contributed by atoms with van der Waals surface area (Å²) in [6.45, 7) is 5.96. The van der Waals surface area contributed by atoms with Crippen LogP contribution in [0.1, 0.15) is 42.6 Å². The Kier molecular flexibility index (Phi) is 4.58. The first-order chi connectivity index (χ1) is 9.24. The first-order valence-electron chi connectivity index (χ1n) is 7.19. The number of rotatable bonds is 3. The van der Waals surface area contributed by atoms with E-state index in [-0.39, 0.29) is 13.2 Å². The highest BCUT2D eigenvalue weighted by atomic mass is 16.1. The SMILES string of the molecule is C.Cc1ccc(C(=O)CN2CCC[N+]3=C2CCC3)cc1. The third-order valence-electron chi connectivity index (χ3n) is 4.12. The van der Waals surface area contributed by atoms with Gasteiger partial charge in [-0.2, -0.15) is 0 Å². The summed E-state index contributed by atoms with van der Waals surface area (Å²) in [5.74, 6) is 1.63. The topological polar surface area (TPSA) is 23.3 Å². The molecule has 0 unspecified atom stereocenters. The van der Waals surface area contributed by atoms with E-state index in [9.17, 15) is 4.79 Å². The Hall–Kier alpha value is -1.64. The summed E-state index contributed by atoms with van der Waals surface area (Å²) < 4.78 is 2.45. The van der Waals surface area contributed by atoms with Crippen LogP contribution in [0, 0.1) is 6.92 Å². The van der Waals surface area contributed by atoms with Crippen molar-refractivity contribution >= 4 is 11.6 Å². The molecular weight excluding hydrogens is 248 g/mol. The highest BCUT2D eigenvalue weighted by Crippen LogP contribution is 2.15. The van der Waals surface area contributed by atoms with Gasteiger partial charge in [-0.25, -0.2) is 0 Å². The molecule has 3 nitrogen and oxygen atoms in total. The van der Waals surface area contributed by atoms with Gasteiger partial charge in [0.05, 0.1) is 26.1 Å². The Morgan fingerprint density at radius 2 is 1.90 bits per heavy atom. The zero-order chi connectivity index (χ0) is 13.2. The molecule has 0 radical (unpaired) electrons. The van der Waals surface area contributed by atoms with Crippen LogP contribution in [0.25, 0.3) is 0 Å². The van der Waals surface area contributed by atoms with Crippen LogP contribution in [0.3, 0.4) is 0 Å². The maximum absolute atomic E-state index is 12.3. The monoisotopic (exact) mass is 273 g/mol. The summed E-state index contributed by atoms with van der Waals surface area (Å²) in [4.78, 5) is 14.6. The van der Waals surface area contributed by atoms with E-state index in [4.69, 9.17) is 0 Å². The van der Waals surface area contributed by atoms with E-state index < -0.39 is 0 Å². The molecule has 20 heavy (non-hydrogen) atoms. The smallest absolute Gasteiger partial charge is 0.247 e. The van der Waals surface area contributed by atoms with Crippen molar-refractivity contribution in [2.75, 3.05) is 26.2 Å². The van der Waals surface area contributed by atoms with Gasteiger partial charge < -0.3 is 0 Å². The number of amidine groups is 1. The van der Waals surface area contributed by atoms with Crippen LogP contribution < -0.4 is 0 Å². The van der Waals surface area contributed by atoms with E-state index in [0.29, 0.717) is 6.54 Å². The summed E-state index contributed by atoms with van der Waals surface area (Å²) in [6.07, 6.45) is 3.55. The number of nitrogens with zero attached hydrogens (tertiary/aromatic N) is 2. The van der Waals surface area contributed by atoms with E-state index in [1.807, 2.05) is 31.2 Å². The van der Waals surface area contributed by atoms with Crippen molar-refractivity contribution in [1.82, 2.24) is 4.90 Å². The fraction of sp³-hybridized carbons (Fsp3) is 0.529. The molecule has 2 heterocycles. The van der Waals surface area contributed by atoms with Gasteiger partial charge in [-0.05, 0) is 13.3 Å². The molecule has 2 aliphatic heterocycles. The van der Waals surface area contributed by atoms with Gasteiger partial charge in [0.2, 0.25) is 11.6 Å². The molecule has 0 aromatic heterocycles. The predicted octanol–water partition coefficient (Wildman–Crippen LogP) is 2.72. The van der Waals surface area contributed by atoms with Crippen LogP contribution in [0.4, 0.5) is 0 Å². The van der Waals surface area contributed by atoms with Crippen LogP contribution in [0.2, 0.25) is 0 Å². The largest absolute Gasteiger partial charge is 0.290 e. The zero-order valence-electron chi connectivity index (χ0n) is 11.6. The number of hydrogen-bond donors (Lipinski definition) is 0. The normalized spacial score (nSPS) is 17.8. The summed E-state index contributed by atoms with van der Waals surface area (Å²) in [5, 5.41) is 0. The molecule has 3 heteroatoms. The number of hydrogen-bond acceptors (Lipinski definition) is 2. The molecule has 0 spiro atoms. The summed E-state index contributed by atoms with van der Waals surface area (Å²) in [5.41, 5.74) is 2.03. The predicted molar refractivity (Wildman–Crippen MR) is 82.7 cm³/mol. The minimum absolute atomic E-state index is 0. The lowest BCUT2D eigenvalue weighted by Crippen LogP contribution is -2.43. The summed E-state index contributed by atoms with van der Waals surface area (Å²) >= 11 is 0. The zero-order valence-corrected chi connectivity index (χ0v) is 11.6. The Morgan fingerprint density at radius 1 is 1.20 bits per heavy atom. The molecule has 0 N–H and O–H groups in total. The van der Waals surface area contributed by atoms with Crippen molar-refractivity contribution in [1.29, 1.82) is 0 Å². The molecular formula is C17H25N2O+. The Morgan fingerprint density at radius 3 is 2.65 bits per heavy atom. The second kappa shape index (κ2) is 6.21. The van der Waals surface area contributed by atoms with E-state index >= 15 is 0 Å². The fourth-order valence-electron chi connectivity index (χ4n) is 3.07. The van der Waals surface area contributed by atoms with Crippen LogP contribution in [0.5, 0.6) is 0 Å². The van der Waals surface area contributed by atoms with Crippen LogP contribution in [0.15, 0.2) is 24.3 Å².